The first-order valence-corrected chi connectivity index (χ1v) is 10.2. The predicted octanol–water partition coefficient (Wildman–Crippen LogP) is 4.60. The zero-order valence-corrected chi connectivity index (χ0v) is 15.3. The number of Topliss-reactive ketones (excluding diaryl/α,β-unsaturated/α-hetero) is 1. The first kappa shape index (κ1) is 16.8. The third-order valence-electron chi connectivity index (χ3n) is 5.26. The summed E-state index contributed by atoms with van der Waals surface area (Å²) >= 11 is 1.76. The van der Waals surface area contributed by atoms with Gasteiger partial charge in [-0.2, -0.15) is 0 Å². The molecule has 2 atom stereocenters. The standard InChI is InChI=1S/C21H25NO2S/c23-21(19-15-18(19)20-5-3-14-25-20)16-6-8-17(9-7-16)24-13-4-12-22-10-1-2-11-22/h3,5-9,14,18-19H,1-2,4,10-13,15H2/t18-,19-/m1/s1. The Morgan fingerprint density at radius 2 is 1.96 bits per heavy atom. The lowest BCUT2D eigenvalue weighted by atomic mass is 10.1. The summed E-state index contributed by atoms with van der Waals surface area (Å²) in [5, 5.41) is 2.09. The summed E-state index contributed by atoms with van der Waals surface area (Å²) in [4.78, 5) is 16.4. The maximum absolute atomic E-state index is 12.6. The number of carbonyl (C=O) groups is 1. The van der Waals surface area contributed by atoms with Crippen molar-refractivity contribution in [1.29, 1.82) is 0 Å². The summed E-state index contributed by atoms with van der Waals surface area (Å²) in [5.41, 5.74) is 0.813. The van der Waals surface area contributed by atoms with Crippen molar-refractivity contribution in [2.45, 2.75) is 31.6 Å². The normalized spacial score (nSPS) is 22.9. The van der Waals surface area contributed by atoms with Gasteiger partial charge in [-0.1, -0.05) is 6.07 Å². The van der Waals surface area contributed by atoms with Crippen LogP contribution in [-0.4, -0.2) is 36.9 Å². The van der Waals surface area contributed by atoms with E-state index in [1.165, 1.54) is 30.8 Å². The second-order valence-corrected chi connectivity index (χ2v) is 8.08. The van der Waals surface area contributed by atoms with Gasteiger partial charge >= 0.3 is 0 Å². The Hall–Kier alpha value is -1.65. The van der Waals surface area contributed by atoms with Crippen LogP contribution in [0.25, 0.3) is 0 Å². The van der Waals surface area contributed by atoms with Gasteiger partial charge in [-0.15, -0.1) is 11.3 Å². The Labute approximate surface area is 153 Å². The van der Waals surface area contributed by atoms with Crippen LogP contribution in [0.2, 0.25) is 0 Å². The first-order valence-electron chi connectivity index (χ1n) is 9.34. The zero-order valence-electron chi connectivity index (χ0n) is 14.5. The Bertz CT molecular complexity index is 689. The molecular formula is C21H25NO2S. The SMILES string of the molecule is O=C(c1ccc(OCCCN2CCCC2)cc1)[C@@H]1C[C@H]1c1cccs1. The molecule has 4 heteroatoms. The molecule has 0 bridgehead atoms. The fraction of sp³-hybridized carbons (Fsp3) is 0.476. The molecule has 0 spiro atoms. The van der Waals surface area contributed by atoms with E-state index in [1.807, 2.05) is 24.3 Å². The highest BCUT2D eigenvalue weighted by molar-refractivity contribution is 7.10. The van der Waals surface area contributed by atoms with Crippen molar-refractivity contribution in [3.63, 3.8) is 0 Å². The summed E-state index contributed by atoms with van der Waals surface area (Å²) in [7, 11) is 0. The lowest BCUT2D eigenvalue weighted by Crippen LogP contribution is -2.21. The highest BCUT2D eigenvalue weighted by Crippen LogP contribution is 2.50. The number of rotatable bonds is 8. The summed E-state index contributed by atoms with van der Waals surface area (Å²) in [6, 6.07) is 11.9. The van der Waals surface area contributed by atoms with Crippen LogP contribution in [-0.2, 0) is 0 Å². The Morgan fingerprint density at radius 1 is 1.16 bits per heavy atom. The molecule has 132 valence electrons. The van der Waals surface area contributed by atoms with Crippen LogP contribution in [0.15, 0.2) is 41.8 Å². The number of hydrogen-bond acceptors (Lipinski definition) is 4. The van der Waals surface area contributed by atoms with Gasteiger partial charge in [0.05, 0.1) is 6.61 Å². The summed E-state index contributed by atoms with van der Waals surface area (Å²) in [6.45, 7) is 4.35. The number of thiophene rings is 1. The molecule has 1 aromatic carbocycles. The van der Waals surface area contributed by atoms with Gasteiger partial charge in [-0.3, -0.25) is 4.79 Å². The monoisotopic (exact) mass is 355 g/mol. The molecular weight excluding hydrogens is 330 g/mol. The van der Waals surface area contributed by atoms with E-state index < -0.39 is 0 Å². The van der Waals surface area contributed by atoms with Gasteiger partial charge in [0.2, 0.25) is 0 Å². The number of hydrogen-bond donors (Lipinski definition) is 0. The largest absolute Gasteiger partial charge is 0.494 e. The van der Waals surface area contributed by atoms with Gasteiger partial charge in [-0.05, 0) is 74.5 Å². The minimum atomic E-state index is 0.172. The van der Waals surface area contributed by atoms with Gasteiger partial charge in [0.25, 0.3) is 0 Å². The maximum Gasteiger partial charge on any atom is 0.166 e. The molecule has 0 amide bonds. The molecule has 4 rings (SSSR count). The average molecular weight is 356 g/mol. The molecule has 2 aliphatic rings. The molecule has 1 aromatic heterocycles. The van der Waals surface area contributed by atoms with E-state index in [2.05, 4.69) is 22.4 Å². The molecule has 0 radical (unpaired) electrons. The van der Waals surface area contributed by atoms with Crippen LogP contribution >= 0.6 is 11.3 Å². The Balaban J connectivity index is 1.23. The van der Waals surface area contributed by atoms with Crippen molar-refractivity contribution < 1.29 is 9.53 Å². The van der Waals surface area contributed by atoms with Crippen molar-refractivity contribution in [2.24, 2.45) is 5.92 Å². The minimum Gasteiger partial charge on any atom is -0.494 e. The molecule has 2 aromatic rings. The van der Waals surface area contributed by atoms with Crippen molar-refractivity contribution in [2.75, 3.05) is 26.2 Å². The van der Waals surface area contributed by atoms with Gasteiger partial charge in [0.1, 0.15) is 5.75 Å². The van der Waals surface area contributed by atoms with Gasteiger partial charge in [-0.25, -0.2) is 0 Å². The first-order chi connectivity index (χ1) is 12.3. The van der Waals surface area contributed by atoms with Gasteiger partial charge in [0, 0.05) is 28.8 Å². The zero-order chi connectivity index (χ0) is 17.1. The van der Waals surface area contributed by atoms with Crippen LogP contribution < -0.4 is 4.74 Å². The number of likely N-dealkylation sites (tertiary alicyclic amines) is 1. The summed E-state index contributed by atoms with van der Waals surface area (Å²) < 4.78 is 5.82. The fourth-order valence-corrected chi connectivity index (χ4v) is 4.62. The lowest BCUT2D eigenvalue weighted by molar-refractivity contribution is 0.0965. The van der Waals surface area contributed by atoms with Crippen molar-refractivity contribution >= 4 is 17.1 Å². The van der Waals surface area contributed by atoms with E-state index in [4.69, 9.17) is 4.74 Å². The molecule has 1 aliphatic carbocycles. The molecule has 2 heterocycles. The van der Waals surface area contributed by atoms with Gasteiger partial charge in [0.15, 0.2) is 5.78 Å². The molecule has 25 heavy (non-hydrogen) atoms. The number of carbonyl (C=O) groups excluding carboxylic acids is 1. The van der Waals surface area contributed by atoms with Crippen LogP contribution in [0.3, 0.4) is 0 Å². The van der Waals surface area contributed by atoms with Crippen LogP contribution in [0.4, 0.5) is 0 Å². The Morgan fingerprint density at radius 3 is 2.68 bits per heavy atom. The quantitative estimate of drug-likeness (QED) is 0.512. The Kier molecular flexibility index (Phi) is 5.18. The van der Waals surface area contributed by atoms with Crippen molar-refractivity contribution in [3.05, 3.63) is 52.2 Å². The highest BCUT2D eigenvalue weighted by Gasteiger charge is 2.44. The molecule has 1 saturated heterocycles. The minimum absolute atomic E-state index is 0.172. The van der Waals surface area contributed by atoms with Crippen molar-refractivity contribution in [1.82, 2.24) is 4.90 Å². The number of ether oxygens (including phenoxy) is 1. The number of benzene rings is 1. The van der Waals surface area contributed by atoms with Crippen LogP contribution in [0.1, 0.15) is 46.8 Å². The van der Waals surface area contributed by atoms with Gasteiger partial charge < -0.3 is 9.64 Å². The van der Waals surface area contributed by atoms with E-state index in [0.29, 0.717) is 5.92 Å². The van der Waals surface area contributed by atoms with Crippen LogP contribution in [0, 0.1) is 5.92 Å². The van der Waals surface area contributed by atoms with E-state index in [0.717, 1.165) is 37.3 Å². The number of nitrogens with zero attached hydrogens (tertiary/aromatic N) is 1. The smallest absolute Gasteiger partial charge is 0.166 e. The average Bonchev–Trinajstić information content (AvgIpc) is 3.05. The predicted molar refractivity (Wildman–Crippen MR) is 102 cm³/mol. The summed E-state index contributed by atoms with van der Waals surface area (Å²) in [6.07, 6.45) is 4.73. The molecule has 0 N–H and O–H groups in total. The molecule has 1 saturated carbocycles. The lowest BCUT2D eigenvalue weighted by Gasteiger charge is -2.14. The topological polar surface area (TPSA) is 29.5 Å². The molecule has 0 unspecified atom stereocenters. The fourth-order valence-electron chi connectivity index (χ4n) is 3.72. The maximum atomic E-state index is 12.6. The third kappa shape index (κ3) is 4.13. The van der Waals surface area contributed by atoms with E-state index in [1.54, 1.807) is 11.3 Å². The van der Waals surface area contributed by atoms with Crippen LogP contribution in [0.5, 0.6) is 5.75 Å². The molecule has 2 fully saturated rings. The van der Waals surface area contributed by atoms with E-state index in [-0.39, 0.29) is 11.7 Å². The highest BCUT2D eigenvalue weighted by atomic mass is 32.1. The second-order valence-electron chi connectivity index (χ2n) is 7.10. The molecule has 1 aliphatic heterocycles. The third-order valence-corrected chi connectivity index (χ3v) is 6.26. The second kappa shape index (κ2) is 7.71. The van der Waals surface area contributed by atoms with E-state index >= 15 is 0 Å². The number of ketones is 1. The van der Waals surface area contributed by atoms with Crippen molar-refractivity contribution in [3.8, 4) is 5.75 Å². The van der Waals surface area contributed by atoms with E-state index in [9.17, 15) is 4.79 Å². The summed E-state index contributed by atoms with van der Waals surface area (Å²) in [5.74, 6) is 1.75. The molecule has 3 nitrogen and oxygen atoms in total.